The van der Waals surface area contributed by atoms with Crippen LogP contribution < -0.4 is 0 Å². The van der Waals surface area contributed by atoms with Crippen molar-refractivity contribution in [1.29, 1.82) is 0 Å². The molecule has 1 atom stereocenters. The summed E-state index contributed by atoms with van der Waals surface area (Å²) in [6.07, 6.45) is 0.888. The van der Waals surface area contributed by atoms with E-state index in [1.54, 1.807) is 11.8 Å². The van der Waals surface area contributed by atoms with Gasteiger partial charge in [0, 0.05) is 24.1 Å². The lowest BCUT2D eigenvalue weighted by molar-refractivity contribution is 0.0696. The maximum absolute atomic E-state index is 12.7. The summed E-state index contributed by atoms with van der Waals surface area (Å²) in [5, 5.41) is 9.31. The smallest absolute Gasteiger partial charge is 0.335 e. The summed E-state index contributed by atoms with van der Waals surface area (Å²) in [7, 11) is -3.77. The van der Waals surface area contributed by atoms with Gasteiger partial charge in [-0.25, -0.2) is 13.2 Å². The Kier molecular flexibility index (Phi) is 5.19. The van der Waals surface area contributed by atoms with Crippen LogP contribution in [0.1, 0.15) is 23.7 Å². The monoisotopic (exact) mass is 349 g/mol. The second kappa shape index (κ2) is 6.56. The zero-order valence-corrected chi connectivity index (χ0v) is 13.8. The van der Waals surface area contributed by atoms with Crippen LogP contribution in [-0.2, 0) is 10.0 Å². The van der Waals surface area contributed by atoms with Gasteiger partial charge in [0.15, 0.2) is 0 Å². The van der Waals surface area contributed by atoms with E-state index in [4.69, 9.17) is 16.7 Å². The number of nitrogens with zero attached hydrogens (tertiary/aromatic N) is 1. The molecule has 1 N–H and O–H groups in total. The molecule has 0 amide bonds. The Labute approximate surface area is 133 Å². The highest BCUT2D eigenvalue weighted by Gasteiger charge is 2.31. The van der Waals surface area contributed by atoms with E-state index in [1.807, 2.05) is 6.92 Å². The predicted octanol–water partition coefficient (Wildman–Crippen LogP) is 2.55. The van der Waals surface area contributed by atoms with Crippen LogP contribution in [0.4, 0.5) is 0 Å². The summed E-state index contributed by atoms with van der Waals surface area (Å²) in [4.78, 5) is 10.9. The van der Waals surface area contributed by atoms with Gasteiger partial charge in [-0.15, -0.1) is 0 Å². The number of hydrogen-bond acceptors (Lipinski definition) is 4. The molecular formula is C13H16ClNO4S2. The van der Waals surface area contributed by atoms with Gasteiger partial charge >= 0.3 is 5.97 Å². The molecule has 2 rings (SSSR count). The first-order valence-electron chi connectivity index (χ1n) is 6.51. The lowest BCUT2D eigenvalue weighted by Crippen LogP contribution is -2.41. The Morgan fingerprint density at radius 1 is 1.52 bits per heavy atom. The molecule has 0 aliphatic carbocycles. The maximum atomic E-state index is 12.7. The second-order valence-corrected chi connectivity index (χ2v) is 8.44. The Balaban J connectivity index is 2.39. The van der Waals surface area contributed by atoms with Crippen LogP contribution in [0.15, 0.2) is 23.1 Å². The first-order chi connectivity index (χ1) is 9.86. The van der Waals surface area contributed by atoms with E-state index < -0.39 is 16.0 Å². The molecule has 0 bridgehead atoms. The largest absolute Gasteiger partial charge is 0.478 e. The van der Waals surface area contributed by atoms with Gasteiger partial charge in [-0.3, -0.25) is 0 Å². The average molecular weight is 350 g/mol. The van der Waals surface area contributed by atoms with Crippen LogP contribution in [0.25, 0.3) is 0 Å². The van der Waals surface area contributed by atoms with Crippen LogP contribution in [0.2, 0.25) is 5.02 Å². The van der Waals surface area contributed by atoms with Crippen molar-refractivity contribution in [1.82, 2.24) is 4.31 Å². The summed E-state index contributed by atoms with van der Waals surface area (Å²) in [5.41, 5.74) is -0.0867. The SMILES string of the molecule is CCC1CN(S(=O)(=O)c2cc(C(=O)O)ccc2Cl)CCS1. The van der Waals surface area contributed by atoms with Crippen LogP contribution in [0.5, 0.6) is 0 Å². The number of hydrogen-bond donors (Lipinski definition) is 1. The Morgan fingerprint density at radius 2 is 2.24 bits per heavy atom. The summed E-state index contributed by atoms with van der Waals surface area (Å²) in [5.74, 6) is -0.447. The number of benzene rings is 1. The van der Waals surface area contributed by atoms with Gasteiger partial charge < -0.3 is 5.11 Å². The molecule has 8 heteroatoms. The minimum atomic E-state index is -3.77. The van der Waals surface area contributed by atoms with Crippen molar-refractivity contribution in [3.05, 3.63) is 28.8 Å². The minimum absolute atomic E-state index is 0.0475. The van der Waals surface area contributed by atoms with Gasteiger partial charge in [-0.1, -0.05) is 18.5 Å². The molecule has 1 aliphatic rings. The third-order valence-electron chi connectivity index (χ3n) is 3.35. The zero-order valence-electron chi connectivity index (χ0n) is 11.5. The van der Waals surface area contributed by atoms with Gasteiger partial charge in [0.1, 0.15) is 4.90 Å². The van der Waals surface area contributed by atoms with Crippen LogP contribution in [0.3, 0.4) is 0 Å². The number of sulfonamides is 1. The van der Waals surface area contributed by atoms with Crippen molar-refractivity contribution < 1.29 is 18.3 Å². The first-order valence-corrected chi connectivity index (χ1v) is 9.37. The molecule has 0 aromatic heterocycles. The minimum Gasteiger partial charge on any atom is -0.478 e. The summed E-state index contributed by atoms with van der Waals surface area (Å²) in [6, 6.07) is 3.74. The van der Waals surface area contributed by atoms with E-state index >= 15 is 0 Å². The van der Waals surface area contributed by atoms with Gasteiger partial charge in [0.05, 0.1) is 10.6 Å². The van der Waals surface area contributed by atoms with Crippen molar-refractivity contribution >= 4 is 39.4 Å². The molecule has 116 valence electrons. The number of carbonyl (C=O) groups is 1. The summed E-state index contributed by atoms with van der Waals surface area (Å²) in [6.45, 7) is 2.86. The molecule has 1 unspecified atom stereocenters. The van der Waals surface area contributed by atoms with Crippen LogP contribution >= 0.6 is 23.4 Å². The molecule has 1 aromatic carbocycles. The van der Waals surface area contributed by atoms with E-state index in [0.717, 1.165) is 18.2 Å². The van der Waals surface area contributed by atoms with Crippen molar-refractivity contribution in [2.24, 2.45) is 0 Å². The van der Waals surface area contributed by atoms with Gasteiger partial charge in [-0.2, -0.15) is 16.1 Å². The fourth-order valence-electron chi connectivity index (χ4n) is 2.13. The maximum Gasteiger partial charge on any atom is 0.335 e. The van der Waals surface area contributed by atoms with Crippen molar-refractivity contribution in [3.63, 3.8) is 0 Å². The first kappa shape index (κ1) is 16.6. The molecular weight excluding hydrogens is 334 g/mol. The molecule has 0 saturated carbocycles. The van der Waals surface area contributed by atoms with E-state index in [9.17, 15) is 13.2 Å². The number of aromatic carboxylic acids is 1. The van der Waals surface area contributed by atoms with Gasteiger partial charge in [0.25, 0.3) is 0 Å². The molecule has 1 aliphatic heterocycles. The predicted molar refractivity (Wildman–Crippen MR) is 83.7 cm³/mol. The lowest BCUT2D eigenvalue weighted by atomic mass is 10.2. The van der Waals surface area contributed by atoms with Crippen molar-refractivity contribution in [3.8, 4) is 0 Å². The normalized spacial score (nSPS) is 20.4. The molecule has 0 spiro atoms. The number of carboxylic acid groups (broad SMARTS) is 1. The highest BCUT2D eigenvalue weighted by Crippen LogP contribution is 2.30. The number of halogens is 1. The number of rotatable bonds is 4. The Hall–Kier alpha value is -0.760. The van der Waals surface area contributed by atoms with Gasteiger partial charge in [-0.05, 0) is 24.6 Å². The molecule has 1 aromatic rings. The fraction of sp³-hybridized carbons (Fsp3) is 0.462. The Morgan fingerprint density at radius 3 is 2.86 bits per heavy atom. The molecule has 1 fully saturated rings. The van der Waals surface area contributed by atoms with Crippen molar-refractivity contribution in [2.45, 2.75) is 23.5 Å². The number of thioether (sulfide) groups is 1. The fourth-order valence-corrected chi connectivity index (χ4v) is 5.51. The quantitative estimate of drug-likeness (QED) is 0.904. The highest BCUT2D eigenvalue weighted by atomic mass is 35.5. The van der Waals surface area contributed by atoms with E-state index in [1.165, 1.54) is 16.4 Å². The van der Waals surface area contributed by atoms with Crippen LogP contribution in [0, 0.1) is 0 Å². The van der Waals surface area contributed by atoms with Crippen LogP contribution in [-0.4, -0.2) is 47.9 Å². The molecule has 0 radical (unpaired) electrons. The summed E-state index contributed by atoms with van der Waals surface area (Å²) >= 11 is 7.73. The molecule has 1 heterocycles. The highest BCUT2D eigenvalue weighted by molar-refractivity contribution is 8.00. The molecule has 5 nitrogen and oxygen atoms in total. The standard InChI is InChI=1S/C13H16ClNO4S2/c1-2-10-8-15(5-6-20-10)21(18,19)12-7-9(13(16)17)3-4-11(12)14/h3-4,7,10H,2,5-6,8H2,1H3,(H,16,17). The lowest BCUT2D eigenvalue weighted by Gasteiger charge is -2.31. The topological polar surface area (TPSA) is 74.7 Å². The zero-order chi connectivity index (χ0) is 15.6. The van der Waals surface area contributed by atoms with Crippen molar-refractivity contribution in [2.75, 3.05) is 18.8 Å². The average Bonchev–Trinajstić information content (AvgIpc) is 2.47. The third-order valence-corrected chi connectivity index (χ3v) is 7.07. The van der Waals surface area contributed by atoms with E-state index in [2.05, 4.69) is 0 Å². The molecule has 21 heavy (non-hydrogen) atoms. The number of carboxylic acids is 1. The van der Waals surface area contributed by atoms with E-state index in [-0.39, 0.29) is 20.7 Å². The summed E-state index contributed by atoms with van der Waals surface area (Å²) < 4.78 is 26.8. The molecule has 1 saturated heterocycles. The van der Waals surface area contributed by atoms with Gasteiger partial charge in [0.2, 0.25) is 10.0 Å². The Bertz CT molecular complexity index is 648. The third kappa shape index (κ3) is 3.53. The second-order valence-electron chi connectivity index (χ2n) is 4.71. The van der Waals surface area contributed by atoms with E-state index in [0.29, 0.717) is 13.1 Å².